The number of quaternary nitrogens is 1. The van der Waals surface area contributed by atoms with E-state index in [1.54, 1.807) is 4.90 Å². The van der Waals surface area contributed by atoms with Crippen LogP contribution in [0.25, 0.3) is 10.9 Å². The Bertz CT molecular complexity index is 1070. The van der Waals surface area contributed by atoms with E-state index in [1.807, 2.05) is 24.4 Å². The first-order valence-electron chi connectivity index (χ1n) is 10.6. The second kappa shape index (κ2) is 7.96. The minimum Gasteiger partial charge on any atom is -0.359 e. The second-order valence-electron chi connectivity index (χ2n) is 8.32. The van der Waals surface area contributed by atoms with Crippen LogP contribution in [0.1, 0.15) is 39.5 Å². The molecule has 29 heavy (non-hydrogen) atoms. The van der Waals surface area contributed by atoms with Crippen LogP contribution < -0.4 is 14.8 Å². The number of benzene rings is 2. The van der Waals surface area contributed by atoms with Crippen molar-refractivity contribution in [3.63, 3.8) is 0 Å². The predicted octanol–water partition coefficient (Wildman–Crippen LogP) is 2.53. The van der Waals surface area contributed by atoms with Crippen molar-refractivity contribution in [2.24, 2.45) is 0 Å². The van der Waals surface area contributed by atoms with Crippen LogP contribution in [0, 0.1) is 20.8 Å². The van der Waals surface area contributed by atoms with Gasteiger partial charge in [-0.3, -0.25) is 4.79 Å². The van der Waals surface area contributed by atoms with E-state index in [0.717, 1.165) is 66.0 Å². The maximum Gasteiger partial charge on any atom is 0.212 e. The van der Waals surface area contributed by atoms with Crippen molar-refractivity contribution in [1.82, 2.24) is 0 Å². The summed E-state index contributed by atoms with van der Waals surface area (Å²) in [4.78, 5) is 21.0. The number of hydrogen-bond donors (Lipinski definition) is 1. The summed E-state index contributed by atoms with van der Waals surface area (Å²) in [5, 5.41) is 1.14. The molecular weight excluding hydrogens is 358 g/mol. The molecule has 1 fully saturated rings. The Morgan fingerprint density at radius 1 is 1.03 bits per heavy atom. The van der Waals surface area contributed by atoms with Crippen molar-refractivity contribution in [2.45, 2.75) is 27.7 Å². The molecule has 1 saturated heterocycles. The maximum atomic E-state index is 13.6. The zero-order valence-electron chi connectivity index (χ0n) is 17.9. The van der Waals surface area contributed by atoms with E-state index in [9.17, 15) is 4.79 Å². The standard InChI is InChI=1S/C25H29N3O/c1-5-27-10-12-28(13-11-27)24-21-14-17(2)6-9-23(21)26-16-22(24)25(29)20-8-7-18(3)19(4)15-20/h6-9,14-16H,5,10-13H2,1-4H3/p+2. The average Bonchev–Trinajstić information content (AvgIpc) is 2.74. The SMILES string of the molecule is CC[NH+]1CCN(c2c(C(=O)c3ccc(C)c(C)c3)c[nH+]c3ccc(C)cc23)CC1. The smallest absolute Gasteiger partial charge is 0.212 e. The summed E-state index contributed by atoms with van der Waals surface area (Å²) in [6.45, 7) is 13.8. The van der Waals surface area contributed by atoms with Crippen LogP contribution in [0.2, 0.25) is 0 Å². The number of anilines is 1. The number of aromatic nitrogens is 1. The van der Waals surface area contributed by atoms with Crippen molar-refractivity contribution in [3.8, 4) is 0 Å². The molecule has 1 aromatic heterocycles. The number of carbonyl (C=O) groups is 1. The van der Waals surface area contributed by atoms with Crippen molar-refractivity contribution in [1.29, 1.82) is 0 Å². The molecule has 150 valence electrons. The van der Waals surface area contributed by atoms with Gasteiger partial charge in [0.15, 0.2) is 6.20 Å². The van der Waals surface area contributed by atoms with Gasteiger partial charge in [0.05, 0.1) is 43.8 Å². The molecule has 0 bridgehead atoms. The van der Waals surface area contributed by atoms with Gasteiger partial charge in [-0.2, -0.15) is 0 Å². The molecule has 2 N–H and O–H groups in total. The molecule has 4 rings (SSSR count). The summed E-state index contributed by atoms with van der Waals surface area (Å²) >= 11 is 0. The number of nitrogens with zero attached hydrogens (tertiary/aromatic N) is 1. The molecule has 0 spiro atoms. The van der Waals surface area contributed by atoms with Crippen LogP contribution in [0.5, 0.6) is 0 Å². The number of nitrogens with one attached hydrogen (secondary N) is 2. The Morgan fingerprint density at radius 2 is 1.79 bits per heavy atom. The average molecular weight is 390 g/mol. The minimum absolute atomic E-state index is 0.0908. The van der Waals surface area contributed by atoms with E-state index in [4.69, 9.17) is 0 Å². The number of pyridine rings is 1. The van der Waals surface area contributed by atoms with Gasteiger partial charge in [0.1, 0.15) is 5.56 Å². The normalized spacial score (nSPS) is 15.1. The number of aromatic amines is 1. The highest BCUT2D eigenvalue weighted by atomic mass is 16.1. The van der Waals surface area contributed by atoms with Crippen LogP contribution in [0.3, 0.4) is 0 Å². The van der Waals surface area contributed by atoms with Gasteiger partial charge in [0.2, 0.25) is 11.3 Å². The molecule has 4 nitrogen and oxygen atoms in total. The van der Waals surface area contributed by atoms with E-state index in [2.05, 4.69) is 55.8 Å². The molecule has 2 heterocycles. The van der Waals surface area contributed by atoms with Gasteiger partial charge in [-0.1, -0.05) is 18.2 Å². The summed E-state index contributed by atoms with van der Waals surface area (Å²) in [5.74, 6) is 0.0908. The molecule has 0 atom stereocenters. The third kappa shape index (κ3) is 3.77. The number of fused-ring (bicyclic) bond motifs is 1. The summed E-state index contributed by atoms with van der Waals surface area (Å²) in [6, 6.07) is 12.5. The van der Waals surface area contributed by atoms with Gasteiger partial charge < -0.3 is 9.80 Å². The van der Waals surface area contributed by atoms with Gasteiger partial charge in [0, 0.05) is 11.6 Å². The monoisotopic (exact) mass is 389 g/mol. The third-order valence-corrected chi connectivity index (χ3v) is 6.36. The zero-order chi connectivity index (χ0) is 20.5. The van der Waals surface area contributed by atoms with Crippen LogP contribution in [0.15, 0.2) is 42.6 Å². The third-order valence-electron chi connectivity index (χ3n) is 6.36. The van der Waals surface area contributed by atoms with E-state index >= 15 is 0 Å². The molecule has 0 aliphatic carbocycles. The highest BCUT2D eigenvalue weighted by Crippen LogP contribution is 2.31. The summed E-state index contributed by atoms with van der Waals surface area (Å²) < 4.78 is 0. The molecule has 1 aliphatic rings. The molecular formula is C25H31N3O+2. The molecule has 2 aromatic carbocycles. The number of ketones is 1. The number of rotatable bonds is 4. The molecule has 0 unspecified atom stereocenters. The number of piperazine rings is 1. The van der Waals surface area contributed by atoms with Crippen molar-refractivity contribution in [3.05, 3.63) is 70.4 Å². The lowest BCUT2D eigenvalue weighted by Crippen LogP contribution is -3.14. The van der Waals surface area contributed by atoms with Gasteiger partial charge in [-0.25, -0.2) is 4.98 Å². The first-order chi connectivity index (χ1) is 14.0. The summed E-state index contributed by atoms with van der Waals surface area (Å²) in [5.41, 5.74) is 7.26. The maximum absolute atomic E-state index is 13.6. The van der Waals surface area contributed by atoms with Crippen molar-refractivity contribution in [2.75, 3.05) is 37.6 Å². The van der Waals surface area contributed by atoms with Crippen LogP contribution in [0.4, 0.5) is 5.69 Å². The number of aryl methyl sites for hydroxylation is 3. The molecule has 4 heteroatoms. The predicted molar refractivity (Wildman–Crippen MR) is 118 cm³/mol. The van der Waals surface area contributed by atoms with E-state index < -0.39 is 0 Å². The Hall–Kier alpha value is -2.72. The molecule has 3 aromatic rings. The molecule has 0 saturated carbocycles. The van der Waals surface area contributed by atoms with Crippen LogP contribution in [-0.4, -0.2) is 38.5 Å². The highest BCUT2D eigenvalue weighted by molar-refractivity contribution is 6.15. The number of H-pyrrole nitrogens is 1. The Kier molecular flexibility index (Phi) is 5.37. The fraction of sp³-hybridized carbons (Fsp3) is 0.360. The number of hydrogen-bond acceptors (Lipinski definition) is 2. The Morgan fingerprint density at radius 3 is 2.48 bits per heavy atom. The lowest BCUT2D eigenvalue weighted by atomic mass is 9.96. The zero-order valence-corrected chi connectivity index (χ0v) is 17.9. The van der Waals surface area contributed by atoms with E-state index in [1.165, 1.54) is 11.1 Å². The van der Waals surface area contributed by atoms with E-state index in [-0.39, 0.29) is 5.78 Å². The van der Waals surface area contributed by atoms with Gasteiger partial charge >= 0.3 is 0 Å². The number of likely N-dealkylation sites (N-methyl/N-ethyl adjacent to an activating group) is 1. The first kappa shape index (κ1) is 19.6. The molecule has 0 radical (unpaired) electrons. The fourth-order valence-corrected chi connectivity index (χ4v) is 4.30. The molecule has 1 aliphatic heterocycles. The Labute approximate surface area is 173 Å². The topological polar surface area (TPSA) is 38.9 Å². The second-order valence-corrected chi connectivity index (χ2v) is 8.32. The quantitative estimate of drug-likeness (QED) is 0.697. The van der Waals surface area contributed by atoms with E-state index in [0.29, 0.717) is 0 Å². The summed E-state index contributed by atoms with van der Waals surface area (Å²) in [7, 11) is 0. The van der Waals surface area contributed by atoms with Crippen molar-refractivity contribution < 1.29 is 14.7 Å². The lowest BCUT2D eigenvalue weighted by molar-refractivity contribution is -0.898. The van der Waals surface area contributed by atoms with Gasteiger partial charge in [-0.05, 0) is 56.5 Å². The highest BCUT2D eigenvalue weighted by Gasteiger charge is 2.28. The fourth-order valence-electron chi connectivity index (χ4n) is 4.30. The summed E-state index contributed by atoms with van der Waals surface area (Å²) in [6.07, 6.45) is 1.91. The first-order valence-corrected chi connectivity index (χ1v) is 10.6. The lowest BCUT2D eigenvalue weighted by Gasteiger charge is -2.34. The minimum atomic E-state index is 0.0908. The number of carbonyl (C=O) groups excluding carboxylic acids is 1. The van der Waals surface area contributed by atoms with Crippen LogP contribution >= 0.6 is 0 Å². The Balaban J connectivity index is 1.84. The van der Waals surface area contributed by atoms with Crippen LogP contribution in [-0.2, 0) is 0 Å². The van der Waals surface area contributed by atoms with Gasteiger partial charge in [-0.15, -0.1) is 0 Å². The van der Waals surface area contributed by atoms with Crippen molar-refractivity contribution >= 4 is 22.4 Å². The van der Waals surface area contributed by atoms with Gasteiger partial charge in [0.25, 0.3) is 0 Å². The largest absolute Gasteiger partial charge is 0.359 e. The molecule has 0 amide bonds.